The van der Waals surface area contributed by atoms with Gasteiger partial charge >= 0.3 is 0 Å². The molecule has 1 aromatic carbocycles. The Balaban J connectivity index is 1.98. The van der Waals surface area contributed by atoms with Crippen molar-refractivity contribution >= 4 is 15.9 Å². The quantitative estimate of drug-likeness (QED) is 0.856. The molecule has 8 heteroatoms. The van der Waals surface area contributed by atoms with Crippen LogP contribution in [0.15, 0.2) is 42.7 Å². The maximum Gasteiger partial charge on any atom is 0.251 e. The highest BCUT2D eigenvalue weighted by atomic mass is 32.2. The Kier molecular flexibility index (Phi) is 5.63. The first-order valence-electron chi connectivity index (χ1n) is 7.18. The molecule has 0 fully saturated rings. The number of rotatable bonds is 6. The molecule has 24 heavy (non-hydrogen) atoms. The van der Waals surface area contributed by atoms with Crippen molar-refractivity contribution < 1.29 is 17.6 Å². The largest absolute Gasteiger partial charge is 0.351 e. The summed E-state index contributed by atoms with van der Waals surface area (Å²) in [5, 5.41) is 2.64. The first-order chi connectivity index (χ1) is 11.3. The molecule has 0 atom stereocenters. The molecule has 2 rings (SSSR count). The van der Waals surface area contributed by atoms with Crippen LogP contribution in [0.4, 0.5) is 4.39 Å². The minimum absolute atomic E-state index is 0.185. The SMILES string of the molecule is CN(CCNC(=O)c1ccc(-c2ccncc2F)cc1)S(C)(=O)=O. The number of carbonyl (C=O) groups excluding carboxylic acids is 1. The molecule has 0 bridgehead atoms. The summed E-state index contributed by atoms with van der Waals surface area (Å²) in [6, 6.07) is 8.03. The molecular weight excluding hydrogens is 333 g/mol. The molecule has 6 nitrogen and oxygen atoms in total. The summed E-state index contributed by atoms with van der Waals surface area (Å²) in [6.07, 6.45) is 3.73. The summed E-state index contributed by atoms with van der Waals surface area (Å²) in [5.41, 5.74) is 1.46. The molecular formula is C16H18FN3O3S. The Bertz CT molecular complexity index is 823. The number of amides is 1. The molecule has 0 saturated carbocycles. The zero-order valence-corrected chi connectivity index (χ0v) is 14.2. The third-order valence-corrected chi connectivity index (χ3v) is 4.82. The number of carbonyl (C=O) groups is 1. The fraction of sp³-hybridized carbons (Fsp3) is 0.250. The van der Waals surface area contributed by atoms with Gasteiger partial charge in [0, 0.05) is 37.5 Å². The van der Waals surface area contributed by atoms with Crippen LogP contribution in [-0.4, -0.2) is 50.0 Å². The number of nitrogens with zero attached hydrogens (tertiary/aromatic N) is 2. The predicted octanol–water partition coefficient (Wildman–Crippen LogP) is 1.51. The van der Waals surface area contributed by atoms with Crippen molar-refractivity contribution in [1.82, 2.24) is 14.6 Å². The lowest BCUT2D eigenvalue weighted by atomic mass is 10.0. The van der Waals surface area contributed by atoms with Crippen LogP contribution in [-0.2, 0) is 10.0 Å². The van der Waals surface area contributed by atoms with Crippen LogP contribution in [0.3, 0.4) is 0 Å². The highest BCUT2D eigenvalue weighted by Gasteiger charge is 2.12. The zero-order valence-electron chi connectivity index (χ0n) is 13.4. The van der Waals surface area contributed by atoms with Crippen LogP contribution in [0.2, 0.25) is 0 Å². The summed E-state index contributed by atoms with van der Waals surface area (Å²) in [6.45, 7) is 0.383. The second-order valence-corrected chi connectivity index (χ2v) is 7.36. The van der Waals surface area contributed by atoms with E-state index in [4.69, 9.17) is 0 Å². The number of nitrogens with one attached hydrogen (secondary N) is 1. The van der Waals surface area contributed by atoms with E-state index in [2.05, 4.69) is 10.3 Å². The van der Waals surface area contributed by atoms with Crippen molar-refractivity contribution in [2.24, 2.45) is 0 Å². The second-order valence-electron chi connectivity index (χ2n) is 5.27. The highest BCUT2D eigenvalue weighted by Crippen LogP contribution is 2.21. The minimum Gasteiger partial charge on any atom is -0.351 e. The topological polar surface area (TPSA) is 79.4 Å². The number of halogens is 1. The summed E-state index contributed by atoms with van der Waals surface area (Å²) < 4.78 is 37.3. The van der Waals surface area contributed by atoms with Crippen LogP contribution < -0.4 is 5.32 Å². The van der Waals surface area contributed by atoms with Gasteiger partial charge in [0.05, 0.1) is 12.5 Å². The Hall–Kier alpha value is -2.32. The van der Waals surface area contributed by atoms with Gasteiger partial charge in [-0.2, -0.15) is 0 Å². The van der Waals surface area contributed by atoms with Gasteiger partial charge in [0.2, 0.25) is 10.0 Å². The highest BCUT2D eigenvalue weighted by molar-refractivity contribution is 7.88. The lowest BCUT2D eigenvalue weighted by Gasteiger charge is -2.14. The molecule has 1 aromatic heterocycles. The van der Waals surface area contributed by atoms with Gasteiger partial charge in [-0.3, -0.25) is 9.78 Å². The standard InChI is InChI=1S/C16H18FN3O3S/c1-20(24(2,22)23)10-9-19-16(21)13-5-3-12(4-6-13)14-7-8-18-11-15(14)17/h3-8,11H,9-10H2,1-2H3,(H,19,21). The van der Waals surface area contributed by atoms with E-state index >= 15 is 0 Å². The van der Waals surface area contributed by atoms with Gasteiger partial charge in [-0.1, -0.05) is 12.1 Å². The molecule has 0 unspecified atom stereocenters. The zero-order chi connectivity index (χ0) is 17.7. The molecule has 0 spiro atoms. The van der Waals surface area contributed by atoms with Gasteiger partial charge in [0.1, 0.15) is 5.82 Å². The summed E-state index contributed by atoms with van der Waals surface area (Å²) in [4.78, 5) is 15.7. The number of pyridine rings is 1. The lowest BCUT2D eigenvalue weighted by Crippen LogP contribution is -2.35. The van der Waals surface area contributed by atoms with E-state index < -0.39 is 15.8 Å². The number of aromatic nitrogens is 1. The van der Waals surface area contributed by atoms with Gasteiger partial charge in [0.15, 0.2) is 0 Å². The van der Waals surface area contributed by atoms with Crippen molar-refractivity contribution in [3.05, 3.63) is 54.1 Å². The molecule has 0 aliphatic rings. The van der Waals surface area contributed by atoms with Gasteiger partial charge in [-0.25, -0.2) is 17.1 Å². The fourth-order valence-corrected chi connectivity index (χ4v) is 2.43. The number of hydrogen-bond acceptors (Lipinski definition) is 4. The van der Waals surface area contributed by atoms with Gasteiger partial charge in [-0.15, -0.1) is 0 Å². The fourth-order valence-electron chi connectivity index (χ4n) is 2.01. The van der Waals surface area contributed by atoms with Crippen LogP contribution in [0, 0.1) is 5.82 Å². The first kappa shape index (κ1) is 18.0. The monoisotopic (exact) mass is 351 g/mol. The third kappa shape index (κ3) is 4.59. The van der Waals surface area contributed by atoms with Crippen LogP contribution >= 0.6 is 0 Å². The Labute approximate surface area is 140 Å². The van der Waals surface area contributed by atoms with Crippen LogP contribution in [0.1, 0.15) is 10.4 Å². The molecule has 1 amide bonds. The number of likely N-dealkylation sites (N-methyl/N-ethyl adjacent to an activating group) is 1. The van der Waals surface area contributed by atoms with Crippen molar-refractivity contribution in [2.45, 2.75) is 0 Å². The summed E-state index contributed by atoms with van der Waals surface area (Å²) >= 11 is 0. The molecule has 1 N–H and O–H groups in total. The van der Waals surface area contributed by atoms with Crippen molar-refractivity contribution in [1.29, 1.82) is 0 Å². The average Bonchev–Trinajstić information content (AvgIpc) is 2.54. The predicted molar refractivity (Wildman–Crippen MR) is 89.4 cm³/mol. The molecule has 2 aromatic rings. The normalized spacial score (nSPS) is 11.5. The van der Waals surface area contributed by atoms with E-state index in [1.807, 2.05) is 0 Å². The van der Waals surface area contributed by atoms with Gasteiger partial charge < -0.3 is 5.32 Å². The number of sulfonamides is 1. The smallest absolute Gasteiger partial charge is 0.251 e. The Morgan fingerprint density at radius 1 is 1.25 bits per heavy atom. The van der Waals surface area contributed by atoms with Crippen LogP contribution in [0.5, 0.6) is 0 Å². The second kappa shape index (κ2) is 7.50. The summed E-state index contributed by atoms with van der Waals surface area (Å²) in [5.74, 6) is -0.753. The third-order valence-electron chi connectivity index (χ3n) is 3.51. The maximum atomic E-state index is 13.7. The molecule has 0 saturated heterocycles. The molecule has 1 heterocycles. The Morgan fingerprint density at radius 2 is 1.92 bits per heavy atom. The average molecular weight is 351 g/mol. The Morgan fingerprint density at radius 3 is 2.50 bits per heavy atom. The van der Waals surface area contributed by atoms with Crippen molar-refractivity contribution in [3.63, 3.8) is 0 Å². The van der Waals surface area contributed by atoms with Crippen molar-refractivity contribution in [3.8, 4) is 11.1 Å². The van der Waals surface area contributed by atoms with E-state index in [0.717, 1.165) is 16.8 Å². The molecule has 0 radical (unpaired) electrons. The van der Waals surface area contributed by atoms with E-state index in [1.165, 1.54) is 13.2 Å². The van der Waals surface area contributed by atoms with E-state index in [-0.39, 0.29) is 19.0 Å². The van der Waals surface area contributed by atoms with E-state index in [1.54, 1.807) is 30.3 Å². The van der Waals surface area contributed by atoms with Gasteiger partial charge in [-0.05, 0) is 23.8 Å². The minimum atomic E-state index is -3.26. The first-order valence-corrected chi connectivity index (χ1v) is 9.03. The van der Waals surface area contributed by atoms with Gasteiger partial charge in [0.25, 0.3) is 5.91 Å². The molecule has 0 aliphatic heterocycles. The molecule has 128 valence electrons. The molecule has 0 aliphatic carbocycles. The van der Waals surface area contributed by atoms with Crippen LogP contribution in [0.25, 0.3) is 11.1 Å². The lowest BCUT2D eigenvalue weighted by molar-refractivity contribution is 0.0952. The van der Waals surface area contributed by atoms with E-state index in [0.29, 0.717) is 16.7 Å². The maximum absolute atomic E-state index is 13.7. The van der Waals surface area contributed by atoms with E-state index in [9.17, 15) is 17.6 Å². The number of benzene rings is 1. The number of hydrogen-bond donors (Lipinski definition) is 1. The summed E-state index contributed by atoms with van der Waals surface area (Å²) in [7, 11) is -1.82. The van der Waals surface area contributed by atoms with Crippen molar-refractivity contribution in [2.75, 3.05) is 26.4 Å².